The molecule has 0 radical (unpaired) electrons. The lowest BCUT2D eigenvalue weighted by molar-refractivity contribution is 0.0697. The molecule has 0 saturated carbocycles. The van der Waals surface area contributed by atoms with Gasteiger partial charge in [-0.2, -0.15) is 0 Å². The summed E-state index contributed by atoms with van der Waals surface area (Å²) in [6, 6.07) is 6.66. The van der Waals surface area contributed by atoms with Gasteiger partial charge < -0.3 is 10.1 Å². The van der Waals surface area contributed by atoms with E-state index in [9.17, 15) is 4.79 Å². The highest BCUT2D eigenvalue weighted by atomic mass is 16.4. The molecule has 0 fully saturated rings. The second-order valence-corrected chi connectivity index (χ2v) is 3.35. The number of hydrogen-bond acceptors (Lipinski definition) is 3. The zero-order chi connectivity index (χ0) is 10.7. The van der Waals surface area contributed by atoms with Gasteiger partial charge in [-0.3, -0.25) is 0 Å². The van der Waals surface area contributed by atoms with Crippen LogP contribution in [0.5, 0.6) is 0 Å². The summed E-state index contributed by atoms with van der Waals surface area (Å²) in [5, 5.41) is 10.3. The molecule has 0 saturated heterocycles. The predicted octanol–water partition coefficient (Wildman–Crippen LogP) is 1.47. The molecule has 1 aromatic rings. The zero-order valence-corrected chi connectivity index (χ0v) is 8.27. The topological polar surface area (TPSA) is 66.6 Å². The van der Waals surface area contributed by atoms with Crippen LogP contribution in [0.25, 0.3) is 0 Å². The quantitative estimate of drug-likeness (QED) is 0.565. The number of nitrogens with zero attached hydrogens (tertiary/aromatic N) is 1. The first kappa shape index (κ1) is 10.5. The first-order chi connectivity index (χ1) is 6.52. The molecule has 0 spiro atoms. The van der Waals surface area contributed by atoms with E-state index < -0.39 is 5.97 Å². The Morgan fingerprint density at radius 3 is 2.21 bits per heavy atom. The molecule has 3 N–H and O–H groups in total. The smallest absolute Gasteiger partial charge is 0.335 e. The summed E-state index contributed by atoms with van der Waals surface area (Å²) in [4.78, 5) is 10.6. The maximum atomic E-state index is 10.6. The number of anilines is 1. The average Bonchev–Trinajstić information content (AvgIpc) is 2.16. The fourth-order valence-corrected chi connectivity index (χ4v) is 1.07. The van der Waals surface area contributed by atoms with Crippen LogP contribution in [-0.4, -0.2) is 17.1 Å². The van der Waals surface area contributed by atoms with Crippen LogP contribution in [0.1, 0.15) is 24.2 Å². The van der Waals surface area contributed by atoms with Gasteiger partial charge in [-0.25, -0.2) is 10.6 Å². The number of nitrogens with two attached hydrogens (primary N) is 1. The van der Waals surface area contributed by atoms with Crippen molar-refractivity contribution in [2.75, 3.05) is 5.01 Å². The molecule has 76 valence electrons. The minimum absolute atomic E-state index is 0.186. The molecule has 0 aromatic heterocycles. The number of hydrogen-bond donors (Lipinski definition) is 2. The highest BCUT2D eigenvalue weighted by molar-refractivity contribution is 5.88. The van der Waals surface area contributed by atoms with Crippen LogP contribution in [0, 0.1) is 0 Å². The van der Waals surface area contributed by atoms with Gasteiger partial charge in [0.1, 0.15) is 0 Å². The zero-order valence-electron chi connectivity index (χ0n) is 8.27. The van der Waals surface area contributed by atoms with Crippen LogP contribution in [0.4, 0.5) is 5.69 Å². The van der Waals surface area contributed by atoms with Gasteiger partial charge in [0.2, 0.25) is 0 Å². The van der Waals surface area contributed by atoms with Crippen LogP contribution in [-0.2, 0) is 0 Å². The normalized spacial score (nSPS) is 10.3. The Morgan fingerprint density at radius 2 is 1.86 bits per heavy atom. The number of hydrazine groups is 1. The van der Waals surface area contributed by atoms with Crippen molar-refractivity contribution < 1.29 is 9.90 Å². The van der Waals surface area contributed by atoms with Crippen LogP contribution in [0.2, 0.25) is 0 Å². The van der Waals surface area contributed by atoms with Gasteiger partial charge >= 0.3 is 5.97 Å². The lowest BCUT2D eigenvalue weighted by Gasteiger charge is -2.22. The number of carboxylic acid groups (broad SMARTS) is 1. The maximum Gasteiger partial charge on any atom is 0.335 e. The van der Waals surface area contributed by atoms with Crippen molar-refractivity contribution in [1.29, 1.82) is 0 Å². The third-order valence-electron chi connectivity index (χ3n) is 1.97. The van der Waals surface area contributed by atoms with Crippen molar-refractivity contribution in [2.24, 2.45) is 5.84 Å². The Hall–Kier alpha value is -1.55. The monoisotopic (exact) mass is 194 g/mol. The second kappa shape index (κ2) is 4.11. The highest BCUT2D eigenvalue weighted by Gasteiger charge is 2.07. The standard InChI is InChI=1S/C10H14N2O2/c1-7(2)12(11)9-5-3-8(4-6-9)10(13)14/h3-7H,11H2,1-2H3,(H,13,14). The minimum Gasteiger partial charge on any atom is -0.478 e. The van der Waals surface area contributed by atoms with Gasteiger partial charge in [-0.15, -0.1) is 0 Å². The van der Waals surface area contributed by atoms with E-state index in [2.05, 4.69) is 0 Å². The van der Waals surface area contributed by atoms with Crippen molar-refractivity contribution in [2.45, 2.75) is 19.9 Å². The van der Waals surface area contributed by atoms with E-state index in [0.717, 1.165) is 5.69 Å². The molecule has 4 heteroatoms. The molecule has 0 amide bonds. The summed E-state index contributed by atoms with van der Waals surface area (Å²) in [7, 11) is 0. The maximum absolute atomic E-state index is 10.6. The average molecular weight is 194 g/mol. The van der Waals surface area contributed by atoms with Gasteiger partial charge in [-0.05, 0) is 38.1 Å². The predicted molar refractivity (Wildman–Crippen MR) is 55.2 cm³/mol. The largest absolute Gasteiger partial charge is 0.478 e. The summed E-state index contributed by atoms with van der Waals surface area (Å²) in [5.74, 6) is 4.82. The van der Waals surface area contributed by atoms with Crippen LogP contribution in [0.15, 0.2) is 24.3 Å². The minimum atomic E-state index is -0.926. The van der Waals surface area contributed by atoms with Gasteiger partial charge in [0.15, 0.2) is 0 Å². The number of rotatable bonds is 3. The number of benzene rings is 1. The molecular formula is C10H14N2O2. The third kappa shape index (κ3) is 2.23. The van der Waals surface area contributed by atoms with E-state index in [1.807, 2.05) is 13.8 Å². The number of carbonyl (C=O) groups is 1. The molecule has 0 bridgehead atoms. The number of aromatic carboxylic acids is 1. The lowest BCUT2D eigenvalue weighted by Crippen LogP contribution is -2.37. The van der Waals surface area contributed by atoms with E-state index in [1.54, 1.807) is 29.3 Å². The Balaban J connectivity index is 2.88. The fourth-order valence-electron chi connectivity index (χ4n) is 1.07. The fraction of sp³-hybridized carbons (Fsp3) is 0.300. The van der Waals surface area contributed by atoms with Crippen LogP contribution >= 0.6 is 0 Å². The molecule has 0 aliphatic carbocycles. The molecule has 0 aliphatic heterocycles. The third-order valence-corrected chi connectivity index (χ3v) is 1.97. The van der Waals surface area contributed by atoms with Crippen molar-refractivity contribution in [3.63, 3.8) is 0 Å². The Bertz CT molecular complexity index is 319. The summed E-state index contributed by atoms with van der Waals surface area (Å²) >= 11 is 0. The summed E-state index contributed by atoms with van der Waals surface area (Å²) < 4.78 is 0. The molecule has 4 nitrogen and oxygen atoms in total. The van der Waals surface area contributed by atoms with E-state index in [1.165, 1.54) is 0 Å². The van der Waals surface area contributed by atoms with Gasteiger partial charge in [-0.1, -0.05) is 0 Å². The molecule has 1 rings (SSSR count). The molecule has 0 heterocycles. The van der Waals surface area contributed by atoms with Crippen molar-refractivity contribution in [3.8, 4) is 0 Å². The summed E-state index contributed by atoms with van der Waals surface area (Å²) in [6.07, 6.45) is 0. The van der Waals surface area contributed by atoms with Gasteiger partial charge in [0.25, 0.3) is 0 Å². The van der Waals surface area contributed by atoms with E-state index >= 15 is 0 Å². The molecule has 0 atom stereocenters. The Kier molecular flexibility index (Phi) is 3.09. The van der Waals surface area contributed by atoms with Crippen molar-refractivity contribution >= 4 is 11.7 Å². The highest BCUT2D eigenvalue weighted by Crippen LogP contribution is 2.14. The van der Waals surface area contributed by atoms with Crippen LogP contribution < -0.4 is 10.9 Å². The second-order valence-electron chi connectivity index (χ2n) is 3.35. The van der Waals surface area contributed by atoms with Crippen LogP contribution in [0.3, 0.4) is 0 Å². The summed E-state index contributed by atoms with van der Waals surface area (Å²) in [5.41, 5.74) is 1.08. The van der Waals surface area contributed by atoms with Crippen molar-refractivity contribution in [3.05, 3.63) is 29.8 Å². The number of carboxylic acids is 1. The first-order valence-electron chi connectivity index (χ1n) is 4.39. The van der Waals surface area contributed by atoms with E-state index in [4.69, 9.17) is 10.9 Å². The molecule has 0 aliphatic rings. The van der Waals surface area contributed by atoms with Gasteiger partial charge in [0, 0.05) is 6.04 Å². The Morgan fingerprint density at radius 1 is 1.36 bits per heavy atom. The molecule has 14 heavy (non-hydrogen) atoms. The lowest BCUT2D eigenvalue weighted by atomic mass is 10.2. The van der Waals surface area contributed by atoms with E-state index in [-0.39, 0.29) is 11.6 Å². The Labute approximate surface area is 82.9 Å². The molecule has 0 unspecified atom stereocenters. The van der Waals surface area contributed by atoms with Crippen molar-refractivity contribution in [1.82, 2.24) is 0 Å². The molecular weight excluding hydrogens is 180 g/mol. The molecule has 1 aromatic carbocycles. The summed E-state index contributed by atoms with van der Waals surface area (Å²) in [6.45, 7) is 3.93. The van der Waals surface area contributed by atoms with Gasteiger partial charge in [0.05, 0.1) is 11.3 Å². The van der Waals surface area contributed by atoms with E-state index in [0.29, 0.717) is 0 Å². The first-order valence-corrected chi connectivity index (χ1v) is 4.39. The SMILES string of the molecule is CC(C)N(N)c1ccc(C(=O)O)cc1.